The SMILES string of the molecule is O=C(NNC(=O)c1cc2c(s1)CCCCC2)C1=CN2CCS(=O)(=O)N=C2C=C1. The van der Waals surface area contributed by atoms with Crippen molar-refractivity contribution in [2.75, 3.05) is 12.3 Å². The number of nitrogens with one attached hydrogen (secondary N) is 2. The number of aryl methyl sites for hydroxylation is 2. The number of hydrazine groups is 1. The third kappa shape index (κ3) is 4.02. The summed E-state index contributed by atoms with van der Waals surface area (Å²) >= 11 is 1.49. The molecule has 2 N–H and O–H groups in total. The van der Waals surface area contributed by atoms with Crippen molar-refractivity contribution in [1.82, 2.24) is 15.8 Å². The van der Waals surface area contributed by atoms with Gasteiger partial charge in [-0.15, -0.1) is 15.7 Å². The first-order valence-corrected chi connectivity index (χ1v) is 11.6. The molecule has 0 unspecified atom stereocenters. The minimum atomic E-state index is -3.44. The third-order valence-corrected chi connectivity index (χ3v) is 7.25. The molecule has 0 atom stereocenters. The first-order chi connectivity index (χ1) is 13.4. The topological polar surface area (TPSA) is 108 Å². The van der Waals surface area contributed by atoms with Crippen molar-refractivity contribution in [3.63, 3.8) is 0 Å². The lowest BCUT2D eigenvalue weighted by Crippen LogP contribution is -2.43. The molecule has 4 rings (SSSR count). The second-order valence-electron chi connectivity index (χ2n) is 6.87. The summed E-state index contributed by atoms with van der Waals surface area (Å²) in [6.07, 6.45) is 10.00. The van der Waals surface area contributed by atoms with E-state index in [2.05, 4.69) is 15.2 Å². The predicted octanol–water partition coefficient (Wildman–Crippen LogP) is 1.28. The van der Waals surface area contributed by atoms with E-state index in [-0.39, 0.29) is 24.0 Å². The fraction of sp³-hybridized carbons (Fsp3) is 0.389. The molecule has 0 fully saturated rings. The molecule has 0 saturated carbocycles. The summed E-state index contributed by atoms with van der Waals surface area (Å²) in [7, 11) is -3.44. The highest BCUT2D eigenvalue weighted by Gasteiger charge is 2.25. The van der Waals surface area contributed by atoms with Gasteiger partial charge in [0.15, 0.2) is 0 Å². The minimum Gasteiger partial charge on any atom is -0.330 e. The lowest BCUT2D eigenvalue weighted by Gasteiger charge is -2.26. The van der Waals surface area contributed by atoms with Crippen molar-refractivity contribution in [1.29, 1.82) is 0 Å². The van der Waals surface area contributed by atoms with Crippen LogP contribution < -0.4 is 10.9 Å². The average Bonchev–Trinajstić information content (AvgIpc) is 2.95. The number of fused-ring (bicyclic) bond motifs is 2. The molecule has 1 aromatic heterocycles. The smallest absolute Gasteiger partial charge is 0.279 e. The zero-order chi connectivity index (χ0) is 19.7. The number of nitrogens with zero attached hydrogens (tertiary/aromatic N) is 2. The molecule has 0 spiro atoms. The van der Waals surface area contributed by atoms with Gasteiger partial charge in [0.1, 0.15) is 5.84 Å². The molecule has 0 aromatic carbocycles. The highest BCUT2D eigenvalue weighted by atomic mass is 32.2. The Morgan fingerprint density at radius 1 is 1.07 bits per heavy atom. The van der Waals surface area contributed by atoms with Crippen molar-refractivity contribution in [3.05, 3.63) is 45.3 Å². The summed E-state index contributed by atoms with van der Waals surface area (Å²) in [5, 5.41) is 0. The summed E-state index contributed by atoms with van der Waals surface area (Å²) in [5.74, 6) is -0.629. The maximum Gasteiger partial charge on any atom is 0.279 e. The molecule has 28 heavy (non-hydrogen) atoms. The number of rotatable bonds is 2. The van der Waals surface area contributed by atoms with Crippen LogP contribution >= 0.6 is 11.3 Å². The van der Waals surface area contributed by atoms with Gasteiger partial charge in [-0.25, -0.2) is 8.42 Å². The minimum absolute atomic E-state index is 0.102. The van der Waals surface area contributed by atoms with Gasteiger partial charge in [0, 0.05) is 17.6 Å². The molecule has 0 saturated heterocycles. The van der Waals surface area contributed by atoms with Gasteiger partial charge >= 0.3 is 0 Å². The van der Waals surface area contributed by atoms with Gasteiger partial charge in [0.2, 0.25) is 0 Å². The molecule has 2 amide bonds. The van der Waals surface area contributed by atoms with Crippen LogP contribution in [-0.4, -0.2) is 43.3 Å². The fourth-order valence-corrected chi connectivity index (χ4v) is 5.48. The van der Waals surface area contributed by atoms with Gasteiger partial charge in [0.05, 0.1) is 16.2 Å². The lowest BCUT2D eigenvalue weighted by atomic mass is 10.1. The van der Waals surface area contributed by atoms with Gasteiger partial charge in [-0.1, -0.05) is 6.42 Å². The van der Waals surface area contributed by atoms with E-state index in [0.717, 1.165) is 25.7 Å². The second kappa shape index (κ2) is 7.51. The van der Waals surface area contributed by atoms with Crippen molar-refractivity contribution in [2.45, 2.75) is 32.1 Å². The van der Waals surface area contributed by atoms with Gasteiger partial charge in [-0.2, -0.15) is 0 Å². The van der Waals surface area contributed by atoms with E-state index in [1.807, 2.05) is 6.07 Å². The number of thiophene rings is 1. The predicted molar refractivity (Wildman–Crippen MR) is 106 cm³/mol. The third-order valence-electron chi connectivity index (χ3n) is 4.85. The van der Waals surface area contributed by atoms with Crippen LogP contribution in [0.15, 0.2) is 34.4 Å². The molecule has 10 heteroatoms. The van der Waals surface area contributed by atoms with E-state index >= 15 is 0 Å². The van der Waals surface area contributed by atoms with Gasteiger partial charge < -0.3 is 4.90 Å². The highest BCUT2D eigenvalue weighted by molar-refractivity contribution is 7.90. The molecule has 0 bridgehead atoms. The van der Waals surface area contributed by atoms with E-state index in [4.69, 9.17) is 0 Å². The number of amidine groups is 1. The Balaban J connectivity index is 1.38. The summed E-state index contributed by atoms with van der Waals surface area (Å²) in [4.78, 5) is 28.2. The standard InChI is InChI=1S/C18H20N4O4S2/c23-17(13-6-7-16-21-28(25,26)9-8-22(16)11-13)19-20-18(24)15-10-12-4-2-1-3-5-14(12)27-15/h6-7,10-11H,1-5,8-9H2,(H,19,23)(H,20,24). The van der Waals surface area contributed by atoms with Gasteiger partial charge in [-0.3, -0.25) is 20.4 Å². The molecular formula is C18H20N4O4S2. The second-order valence-corrected chi connectivity index (χ2v) is 9.77. The molecule has 3 heterocycles. The number of hydrogen-bond acceptors (Lipinski definition) is 6. The molecule has 3 aliphatic rings. The van der Waals surface area contributed by atoms with Crippen molar-refractivity contribution in [2.24, 2.45) is 4.40 Å². The van der Waals surface area contributed by atoms with Gasteiger partial charge in [-0.05, 0) is 49.5 Å². The zero-order valence-corrected chi connectivity index (χ0v) is 16.7. The maximum atomic E-state index is 12.4. The van der Waals surface area contributed by atoms with Crippen LogP contribution in [0.3, 0.4) is 0 Å². The van der Waals surface area contributed by atoms with Crippen molar-refractivity contribution < 1.29 is 18.0 Å². The Hall–Kier alpha value is -2.46. The maximum absolute atomic E-state index is 12.4. The quantitative estimate of drug-likeness (QED) is 0.553. The van der Waals surface area contributed by atoms with Crippen LogP contribution in [0, 0.1) is 0 Å². The first-order valence-electron chi connectivity index (χ1n) is 9.13. The summed E-state index contributed by atoms with van der Waals surface area (Å²) in [6.45, 7) is 0.232. The van der Waals surface area contributed by atoms with Crippen LogP contribution in [-0.2, 0) is 27.7 Å². The number of carbonyl (C=O) groups excluding carboxylic acids is 2. The number of sulfonamides is 1. The Morgan fingerprint density at radius 2 is 1.86 bits per heavy atom. The van der Waals surface area contributed by atoms with Crippen molar-refractivity contribution >= 4 is 39.0 Å². The first kappa shape index (κ1) is 18.9. The van der Waals surface area contributed by atoms with Crippen molar-refractivity contribution in [3.8, 4) is 0 Å². The summed E-state index contributed by atoms with van der Waals surface area (Å²) in [5.41, 5.74) is 6.42. The number of amides is 2. The molecule has 2 aliphatic heterocycles. The van der Waals surface area contributed by atoms with Crippen LogP contribution in [0.5, 0.6) is 0 Å². The zero-order valence-electron chi connectivity index (χ0n) is 15.1. The number of hydrogen-bond donors (Lipinski definition) is 2. The molecule has 1 aliphatic carbocycles. The molecule has 0 radical (unpaired) electrons. The van der Waals surface area contributed by atoms with E-state index in [0.29, 0.717) is 10.5 Å². The van der Waals surface area contributed by atoms with Gasteiger partial charge in [0.25, 0.3) is 21.8 Å². The average molecular weight is 421 g/mol. The summed E-state index contributed by atoms with van der Waals surface area (Å²) in [6, 6.07) is 1.92. The normalized spacial score (nSPS) is 20.2. The fourth-order valence-electron chi connectivity index (χ4n) is 3.36. The van der Waals surface area contributed by atoms with E-state index in [9.17, 15) is 18.0 Å². The molecule has 1 aromatic rings. The highest BCUT2D eigenvalue weighted by Crippen LogP contribution is 2.28. The van der Waals surface area contributed by atoms with E-state index < -0.39 is 15.9 Å². The molecule has 8 nitrogen and oxygen atoms in total. The molecule has 148 valence electrons. The van der Waals surface area contributed by atoms with E-state index in [1.54, 1.807) is 4.90 Å². The summed E-state index contributed by atoms with van der Waals surface area (Å²) < 4.78 is 26.7. The largest absolute Gasteiger partial charge is 0.330 e. The molecular weight excluding hydrogens is 400 g/mol. The Labute approximate surface area is 167 Å². The van der Waals surface area contributed by atoms with Crippen LogP contribution in [0.4, 0.5) is 0 Å². The lowest BCUT2D eigenvalue weighted by molar-refractivity contribution is -0.118. The Morgan fingerprint density at radius 3 is 2.71 bits per heavy atom. The van der Waals surface area contributed by atoms with Crippen LogP contribution in [0.2, 0.25) is 0 Å². The Bertz CT molecular complexity index is 997. The van der Waals surface area contributed by atoms with E-state index in [1.165, 1.54) is 46.6 Å². The van der Waals surface area contributed by atoms with Crippen LogP contribution in [0.1, 0.15) is 39.4 Å². The number of carbonyl (C=O) groups is 2. The Kier molecular flexibility index (Phi) is 5.07. The van der Waals surface area contributed by atoms with Crippen LogP contribution in [0.25, 0.3) is 0 Å². The monoisotopic (exact) mass is 420 g/mol.